The molecule has 1 unspecified atom stereocenters. The lowest BCUT2D eigenvalue weighted by molar-refractivity contribution is 0.0705. The van der Waals surface area contributed by atoms with Crippen molar-refractivity contribution in [2.75, 3.05) is 24.2 Å². The molecule has 4 heterocycles. The van der Waals surface area contributed by atoms with Gasteiger partial charge < -0.3 is 10.2 Å². The minimum absolute atomic E-state index is 0.0529. The number of sulfonamides is 1. The van der Waals surface area contributed by atoms with Gasteiger partial charge in [-0.25, -0.2) is 27.6 Å². The number of anilines is 1. The van der Waals surface area contributed by atoms with E-state index in [0.717, 1.165) is 10.4 Å². The number of nitrogens with one attached hydrogen (secondary N) is 2. The van der Waals surface area contributed by atoms with E-state index in [2.05, 4.69) is 27.0 Å². The molecule has 0 bridgehead atoms. The summed E-state index contributed by atoms with van der Waals surface area (Å²) >= 11 is 1.55. The number of fused-ring (bicyclic) bond motifs is 1. The van der Waals surface area contributed by atoms with Gasteiger partial charge in [0.15, 0.2) is 5.82 Å². The SMILES string of the molecule is CCS(=O)(=O)NC1CCN(C(=O)c2cc(NC(C)C3CC3)nc(-c3cnn4ccsc34)n2)CC1. The summed E-state index contributed by atoms with van der Waals surface area (Å²) in [4.78, 5) is 25.5. The van der Waals surface area contributed by atoms with Crippen molar-refractivity contribution in [3.05, 3.63) is 29.5 Å². The molecule has 0 aromatic carbocycles. The van der Waals surface area contributed by atoms with E-state index in [1.165, 1.54) is 12.8 Å². The lowest BCUT2D eigenvalue weighted by Crippen LogP contribution is -2.47. The Labute approximate surface area is 202 Å². The Morgan fingerprint density at radius 1 is 1.24 bits per heavy atom. The largest absolute Gasteiger partial charge is 0.367 e. The van der Waals surface area contributed by atoms with E-state index in [9.17, 15) is 13.2 Å². The maximum Gasteiger partial charge on any atom is 0.272 e. The number of likely N-dealkylation sites (tertiary alicyclic amines) is 1. The molecule has 12 heteroatoms. The molecule has 2 aliphatic rings. The molecule has 2 N–H and O–H groups in total. The highest BCUT2D eigenvalue weighted by Crippen LogP contribution is 2.34. The summed E-state index contributed by atoms with van der Waals surface area (Å²) in [7, 11) is -3.26. The first kappa shape index (κ1) is 23.2. The van der Waals surface area contributed by atoms with E-state index in [1.54, 1.807) is 39.9 Å². The molecule has 1 aliphatic carbocycles. The van der Waals surface area contributed by atoms with Gasteiger partial charge in [-0.2, -0.15) is 5.10 Å². The maximum atomic E-state index is 13.4. The van der Waals surface area contributed by atoms with Crippen LogP contribution >= 0.6 is 11.3 Å². The zero-order valence-electron chi connectivity index (χ0n) is 19.3. The predicted molar refractivity (Wildman–Crippen MR) is 131 cm³/mol. The molecular formula is C22H29N7O3S2. The second-order valence-corrected chi connectivity index (χ2v) is 12.0. The van der Waals surface area contributed by atoms with Crippen LogP contribution in [0.5, 0.6) is 0 Å². The number of hydrogen-bond donors (Lipinski definition) is 2. The Morgan fingerprint density at radius 2 is 2.00 bits per heavy atom. The molecule has 3 aromatic rings. The summed E-state index contributed by atoms with van der Waals surface area (Å²) in [6.45, 7) is 4.70. The van der Waals surface area contributed by atoms with Crippen LogP contribution in [0.15, 0.2) is 23.8 Å². The molecule has 2 fully saturated rings. The van der Waals surface area contributed by atoms with Crippen molar-refractivity contribution in [1.82, 2.24) is 29.2 Å². The van der Waals surface area contributed by atoms with Gasteiger partial charge in [-0.05, 0) is 45.4 Å². The van der Waals surface area contributed by atoms with Crippen molar-refractivity contribution in [3.8, 4) is 11.4 Å². The molecule has 1 saturated heterocycles. The topological polar surface area (TPSA) is 122 Å². The lowest BCUT2D eigenvalue weighted by Gasteiger charge is -2.32. The van der Waals surface area contributed by atoms with E-state index in [0.29, 0.717) is 49.2 Å². The summed E-state index contributed by atoms with van der Waals surface area (Å²) in [5, 5.41) is 9.78. The summed E-state index contributed by atoms with van der Waals surface area (Å²) in [6.07, 6.45) is 7.16. The number of thiazole rings is 1. The van der Waals surface area contributed by atoms with Gasteiger partial charge in [-0.15, -0.1) is 11.3 Å². The molecule has 1 atom stereocenters. The quantitative estimate of drug-likeness (QED) is 0.485. The van der Waals surface area contributed by atoms with Gasteiger partial charge in [0.25, 0.3) is 5.91 Å². The molecule has 1 saturated carbocycles. The van der Waals surface area contributed by atoms with Gasteiger partial charge in [0, 0.05) is 42.8 Å². The Hall–Kier alpha value is -2.57. The second kappa shape index (κ2) is 9.23. The van der Waals surface area contributed by atoms with E-state index < -0.39 is 10.0 Å². The number of carbonyl (C=O) groups excluding carboxylic acids is 1. The van der Waals surface area contributed by atoms with Crippen molar-refractivity contribution < 1.29 is 13.2 Å². The third kappa shape index (κ3) is 4.93. The van der Waals surface area contributed by atoms with Gasteiger partial charge in [-0.1, -0.05) is 0 Å². The number of aromatic nitrogens is 4. The van der Waals surface area contributed by atoms with Crippen LogP contribution in [0, 0.1) is 5.92 Å². The number of hydrogen-bond acceptors (Lipinski definition) is 8. The maximum absolute atomic E-state index is 13.4. The van der Waals surface area contributed by atoms with Gasteiger partial charge in [0.1, 0.15) is 16.3 Å². The third-order valence-corrected chi connectivity index (χ3v) is 8.87. The highest BCUT2D eigenvalue weighted by molar-refractivity contribution is 7.89. The molecule has 1 aliphatic heterocycles. The van der Waals surface area contributed by atoms with Crippen LogP contribution in [0.2, 0.25) is 0 Å². The van der Waals surface area contributed by atoms with Crippen LogP contribution in [0.4, 0.5) is 5.82 Å². The average molecular weight is 504 g/mol. The lowest BCUT2D eigenvalue weighted by atomic mass is 10.1. The minimum Gasteiger partial charge on any atom is -0.367 e. The van der Waals surface area contributed by atoms with Crippen LogP contribution in [0.1, 0.15) is 50.0 Å². The monoisotopic (exact) mass is 503 g/mol. The fourth-order valence-corrected chi connectivity index (χ4v) is 5.98. The van der Waals surface area contributed by atoms with E-state index >= 15 is 0 Å². The van der Waals surface area contributed by atoms with Crippen LogP contribution in [0.25, 0.3) is 16.2 Å². The Kier molecular flexibility index (Phi) is 6.30. The van der Waals surface area contributed by atoms with E-state index in [4.69, 9.17) is 4.98 Å². The Morgan fingerprint density at radius 3 is 2.71 bits per heavy atom. The first-order valence-corrected chi connectivity index (χ1v) is 14.2. The molecule has 1 amide bonds. The fraction of sp³-hybridized carbons (Fsp3) is 0.545. The molecule has 3 aromatic heterocycles. The van der Waals surface area contributed by atoms with Crippen molar-refractivity contribution in [2.24, 2.45) is 5.92 Å². The molecule has 34 heavy (non-hydrogen) atoms. The summed E-state index contributed by atoms with van der Waals surface area (Å²) < 4.78 is 28.3. The summed E-state index contributed by atoms with van der Waals surface area (Å²) in [5.74, 6) is 1.62. The molecule has 0 radical (unpaired) electrons. The first-order valence-electron chi connectivity index (χ1n) is 11.7. The van der Waals surface area contributed by atoms with Crippen molar-refractivity contribution in [2.45, 2.75) is 51.6 Å². The fourth-order valence-electron chi connectivity index (χ4n) is 4.28. The van der Waals surface area contributed by atoms with Crippen LogP contribution < -0.4 is 10.0 Å². The highest BCUT2D eigenvalue weighted by Gasteiger charge is 2.30. The zero-order valence-corrected chi connectivity index (χ0v) is 20.9. The predicted octanol–water partition coefficient (Wildman–Crippen LogP) is 2.61. The highest BCUT2D eigenvalue weighted by atomic mass is 32.2. The third-order valence-electron chi connectivity index (χ3n) is 6.53. The van der Waals surface area contributed by atoms with Crippen LogP contribution in [-0.2, 0) is 10.0 Å². The molecule has 182 valence electrons. The van der Waals surface area contributed by atoms with Crippen molar-refractivity contribution in [1.29, 1.82) is 0 Å². The van der Waals surface area contributed by atoms with Gasteiger partial charge in [-0.3, -0.25) is 4.79 Å². The minimum atomic E-state index is -3.26. The summed E-state index contributed by atoms with van der Waals surface area (Å²) in [6, 6.07) is 1.85. The average Bonchev–Trinajstić information content (AvgIpc) is 3.45. The standard InChI is InChI=1S/C22H29N7O3S2/c1-3-34(31,32)27-16-6-8-28(9-7-16)21(30)18-12-19(24-14(2)15-4-5-15)26-20(25-18)17-13-23-29-10-11-33-22(17)29/h10-16,27H,3-9H2,1-2H3,(H,24,25,26). The normalized spacial score (nSPS) is 18.4. The van der Waals surface area contributed by atoms with Gasteiger partial charge in [0.2, 0.25) is 10.0 Å². The van der Waals surface area contributed by atoms with E-state index in [1.807, 2.05) is 11.6 Å². The Bertz CT molecular complexity index is 1290. The van der Waals surface area contributed by atoms with Crippen molar-refractivity contribution >= 4 is 37.9 Å². The van der Waals surface area contributed by atoms with Gasteiger partial charge >= 0.3 is 0 Å². The number of amides is 1. The number of carbonyl (C=O) groups is 1. The first-order chi connectivity index (χ1) is 16.3. The van der Waals surface area contributed by atoms with Crippen molar-refractivity contribution in [3.63, 3.8) is 0 Å². The van der Waals surface area contributed by atoms with E-state index in [-0.39, 0.29) is 23.7 Å². The molecule has 10 nitrogen and oxygen atoms in total. The number of nitrogens with zero attached hydrogens (tertiary/aromatic N) is 5. The molecule has 5 rings (SSSR count). The number of rotatable bonds is 8. The van der Waals surface area contributed by atoms with Crippen LogP contribution in [0.3, 0.4) is 0 Å². The number of piperidine rings is 1. The molecular weight excluding hydrogens is 474 g/mol. The zero-order chi connectivity index (χ0) is 23.9. The second-order valence-electron chi connectivity index (χ2n) is 9.03. The van der Waals surface area contributed by atoms with Crippen LogP contribution in [-0.4, -0.2) is 69.7 Å². The summed E-state index contributed by atoms with van der Waals surface area (Å²) in [5.41, 5.74) is 1.12. The Balaban J connectivity index is 1.39. The van der Waals surface area contributed by atoms with Gasteiger partial charge in [0.05, 0.1) is 17.5 Å². The smallest absolute Gasteiger partial charge is 0.272 e. The molecule has 0 spiro atoms.